The second-order valence-corrected chi connectivity index (χ2v) is 20.7. The highest BCUT2D eigenvalue weighted by Gasteiger charge is 2.48. The van der Waals surface area contributed by atoms with Gasteiger partial charge in [0, 0.05) is 7.11 Å². The number of methoxy groups -OCH3 is 1. The van der Waals surface area contributed by atoms with E-state index in [-0.39, 0.29) is 27.2 Å². The number of carbonyl (C=O) groups is 2. The van der Waals surface area contributed by atoms with Crippen molar-refractivity contribution >= 4 is 35.2 Å². The molecule has 0 saturated carbocycles. The van der Waals surface area contributed by atoms with Gasteiger partial charge in [-0.15, -0.1) is 0 Å². The minimum atomic E-state index is -1.56. The zero-order chi connectivity index (χ0) is 45.6. The number of ether oxygens (including phenoxy) is 4. The number of aliphatic hydroxyl groups excluding tert-OH is 2. The van der Waals surface area contributed by atoms with Crippen LogP contribution in [0.1, 0.15) is 160 Å². The van der Waals surface area contributed by atoms with Crippen molar-refractivity contribution in [2.75, 3.05) is 13.7 Å². The summed E-state index contributed by atoms with van der Waals surface area (Å²) in [6, 6.07) is 27.8. The van der Waals surface area contributed by atoms with Gasteiger partial charge in [-0.05, 0) is 141 Å². The molecule has 1 aliphatic heterocycles. The lowest BCUT2D eigenvalue weighted by Crippen LogP contribution is -2.60. The maximum atomic E-state index is 13.5. The summed E-state index contributed by atoms with van der Waals surface area (Å²) in [6.07, 6.45) is 2.10. The maximum absolute atomic E-state index is 13.5. The summed E-state index contributed by atoms with van der Waals surface area (Å²) in [7, 11) is 1.33. The van der Waals surface area contributed by atoms with Crippen LogP contribution >= 0.6 is 0 Å². The van der Waals surface area contributed by atoms with Gasteiger partial charge >= 0.3 is 11.9 Å². The summed E-state index contributed by atoms with van der Waals surface area (Å²) in [5.41, 5.74) is 13.1. The fourth-order valence-electron chi connectivity index (χ4n) is 9.63. The van der Waals surface area contributed by atoms with Crippen molar-refractivity contribution in [1.82, 2.24) is 0 Å². The van der Waals surface area contributed by atoms with E-state index in [4.69, 9.17) is 18.9 Å². The van der Waals surface area contributed by atoms with Gasteiger partial charge in [-0.1, -0.05) is 128 Å². The average molecular weight is 855 g/mol. The Balaban J connectivity index is 0.969. The number of rotatable bonds is 10. The molecule has 2 N–H and O–H groups in total. The van der Waals surface area contributed by atoms with E-state index in [9.17, 15) is 19.8 Å². The summed E-state index contributed by atoms with van der Waals surface area (Å²) >= 11 is 0. The van der Waals surface area contributed by atoms with Crippen LogP contribution in [0.5, 0.6) is 0 Å². The maximum Gasteiger partial charge on any atom is 0.338 e. The normalized spacial score (nSPS) is 24.7. The highest BCUT2D eigenvalue weighted by atomic mass is 16.7. The third-order valence-corrected chi connectivity index (χ3v) is 14.2. The van der Waals surface area contributed by atoms with E-state index in [1.54, 1.807) is 24.3 Å². The van der Waals surface area contributed by atoms with Crippen LogP contribution in [0.15, 0.2) is 84.9 Å². The van der Waals surface area contributed by atoms with Gasteiger partial charge in [0.05, 0.1) is 11.1 Å². The smallest absolute Gasteiger partial charge is 0.338 e. The van der Waals surface area contributed by atoms with Gasteiger partial charge in [0.2, 0.25) is 0 Å². The molecule has 1 fully saturated rings. The zero-order valence-corrected chi connectivity index (χ0v) is 39.0. The SMILES string of the molecule is CO[C@@H]1[C@@H](OC(=O)c2ccc(/C=C(\C)c3ccc4c(c3)C(C)(C)CCC4(C)C)cc2)[C@H](O)[C@@H](COC(=O)c2ccc(/C=C(\C)c3ccc4c(c3)C(C)(C)CCC4(C)C)cc2)O[C@@H]1O. The van der Waals surface area contributed by atoms with E-state index in [0.29, 0.717) is 5.56 Å². The number of esters is 2. The first-order chi connectivity index (χ1) is 29.6. The zero-order valence-electron chi connectivity index (χ0n) is 39.0. The Kier molecular flexibility index (Phi) is 12.9. The Morgan fingerprint density at radius 1 is 0.587 bits per heavy atom. The summed E-state index contributed by atoms with van der Waals surface area (Å²) in [4.78, 5) is 26.6. The second-order valence-electron chi connectivity index (χ2n) is 20.7. The minimum Gasteiger partial charge on any atom is -0.459 e. The standard InChI is InChI=1S/C55H66O8/c1-33(39-20-22-41-43(30-39)54(7,8)26-24-52(41,3)4)28-35-12-16-37(17-13-35)49(57)61-32-45-46(56)47(48(60-11)51(59)62-45)63-50(58)38-18-14-36(15-19-38)29-34(2)40-21-23-42-44(31-40)55(9,10)27-25-53(42,5)6/h12-23,28-31,45-48,51,56,59H,24-27,32H2,1-11H3/b33-28+,34-29+/t45-,46-,47+,48-,51+/m1/s1. The van der Waals surface area contributed by atoms with Crippen LogP contribution in [-0.4, -0.2) is 66.6 Å². The Morgan fingerprint density at radius 3 is 1.41 bits per heavy atom. The number of carbonyl (C=O) groups excluding carboxylic acids is 2. The lowest BCUT2D eigenvalue weighted by atomic mass is 9.63. The lowest BCUT2D eigenvalue weighted by Gasteiger charge is -2.42. The molecule has 334 valence electrons. The van der Waals surface area contributed by atoms with Crippen LogP contribution < -0.4 is 0 Å². The Morgan fingerprint density at radius 2 is 0.984 bits per heavy atom. The molecule has 0 aromatic heterocycles. The van der Waals surface area contributed by atoms with Crippen molar-refractivity contribution in [3.8, 4) is 0 Å². The molecule has 1 saturated heterocycles. The number of hydrogen-bond donors (Lipinski definition) is 2. The molecule has 4 aromatic rings. The largest absolute Gasteiger partial charge is 0.459 e. The molecule has 0 bridgehead atoms. The molecular formula is C55H66O8. The number of allylic oxidation sites excluding steroid dienone is 2. The fraction of sp³-hybridized carbons (Fsp3) is 0.455. The number of hydrogen-bond acceptors (Lipinski definition) is 8. The Hall–Kier alpha value is -4.86. The van der Waals surface area contributed by atoms with Gasteiger partial charge in [0.1, 0.15) is 24.9 Å². The first-order valence-corrected chi connectivity index (χ1v) is 22.4. The molecule has 3 aliphatic rings. The minimum absolute atomic E-state index is 0.105. The molecule has 0 amide bonds. The third kappa shape index (κ3) is 9.66. The van der Waals surface area contributed by atoms with E-state index in [1.807, 2.05) is 24.3 Å². The van der Waals surface area contributed by atoms with Crippen LogP contribution in [0.25, 0.3) is 23.3 Å². The first kappa shape index (κ1) is 46.1. The van der Waals surface area contributed by atoms with E-state index >= 15 is 0 Å². The predicted octanol–water partition coefficient (Wildman–Crippen LogP) is 11.0. The molecule has 5 atom stereocenters. The van der Waals surface area contributed by atoms with E-state index in [1.165, 1.54) is 41.3 Å². The molecule has 8 nitrogen and oxygen atoms in total. The lowest BCUT2D eigenvalue weighted by molar-refractivity contribution is -0.290. The van der Waals surface area contributed by atoms with Gasteiger partial charge < -0.3 is 29.2 Å². The second kappa shape index (κ2) is 17.6. The molecule has 4 aromatic carbocycles. The van der Waals surface area contributed by atoms with Gasteiger partial charge in [0.25, 0.3) is 0 Å². The van der Waals surface area contributed by atoms with Crippen LogP contribution in [0, 0.1) is 0 Å². The fourth-order valence-corrected chi connectivity index (χ4v) is 9.63. The highest BCUT2D eigenvalue weighted by Crippen LogP contribution is 2.48. The molecule has 8 heteroatoms. The van der Waals surface area contributed by atoms with Gasteiger partial charge in [-0.25, -0.2) is 9.59 Å². The van der Waals surface area contributed by atoms with Crippen molar-refractivity contribution < 1.29 is 38.7 Å². The van der Waals surface area contributed by atoms with Crippen LogP contribution in [0.4, 0.5) is 0 Å². The first-order valence-electron chi connectivity index (χ1n) is 22.4. The molecule has 1 heterocycles. The van der Waals surface area contributed by atoms with E-state index in [0.717, 1.165) is 47.1 Å². The quantitative estimate of drug-likeness (QED) is 0.120. The van der Waals surface area contributed by atoms with Crippen molar-refractivity contribution in [3.05, 3.63) is 141 Å². The average Bonchev–Trinajstić information content (AvgIpc) is 3.25. The van der Waals surface area contributed by atoms with Crippen LogP contribution in [0.3, 0.4) is 0 Å². The molecule has 0 spiro atoms. The van der Waals surface area contributed by atoms with Crippen molar-refractivity contribution in [2.45, 2.75) is 147 Å². The highest BCUT2D eigenvalue weighted by molar-refractivity contribution is 5.91. The van der Waals surface area contributed by atoms with E-state index in [2.05, 4.69) is 118 Å². The topological polar surface area (TPSA) is 112 Å². The molecule has 0 unspecified atom stereocenters. The summed E-state index contributed by atoms with van der Waals surface area (Å²) < 4.78 is 22.3. The Bertz CT molecular complexity index is 2400. The molecular weight excluding hydrogens is 789 g/mol. The Labute approximate surface area is 374 Å². The van der Waals surface area contributed by atoms with Crippen molar-refractivity contribution in [3.63, 3.8) is 0 Å². The van der Waals surface area contributed by atoms with Gasteiger partial charge in [-0.3, -0.25) is 0 Å². The molecule has 63 heavy (non-hydrogen) atoms. The molecule has 2 aliphatic carbocycles. The predicted molar refractivity (Wildman–Crippen MR) is 251 cm³/mol. The van der Waals surface area contributed by atoms with Crippen molar-refractivity contribution in [2.24, 2.45) is 0 Å². The van der Waals surface area contributed by atoms with Crippen molar-refractivity contribution in [1.29, 1.82) is 0 Å². The van der Waals surface area contributed by atoms with Crippen LogP contribution in [0.2, 0.25) is 0 Å². The molecule has 7 rings (SSSR count). The van der Waals surface area contributed by atoms with Crippen LogP contribution in [-0.2, 0) is 40.6 Å². The number of aliphatic hydroxyl groups is 2. The van der Waals surface area contributed by atoms with E-state index < -0.39 is 49.3 Å². The summed E-state index contributed by atoms with van der Waals surface area (Å²) in [6.45, 7) is 22.4. The summed E-state index contributed by atoms with van der Waals surface area (Å²) in [5.74, 6) is -1.33. The third-order valence-electron chi connectivity index (χ3n) is 14.2. The summed E-state index contributed by atoms with van der Waals surface area (Å²) in [5, 5.41) is 22.2. The molecule has 0 radical (unpaired) electrons. The van der Waals surface area contributed by atoms with Gasteiger partial charge in [0.15, 0.2) is 12.4 Å². The monoisotopic (exact) mass is 854 g/mol. The number of fused-ring (bicyclic) bond motifs is 2. The number of benzene rings is 4. The van der Waals surface area contributed by atoms with Gasteiger partial charge in [-0.2, -0.15) is 0 Å².